The van der Waals surface area contributed by atoms with Gasteiger partial charge in [0, 0.05) is 62.4 Å². The van der Waals surface area contributed by atoms with Crippen LogP contribution in [-0.4, -0.2) is 47.9 Å². The molecule has 3 aromatic rings. The first-order chi connectivity index (χ1) is 17.8. The molecule has 1 aromatic heterocycles. The summed E-state index contributed by atoms with van der Waals surface area (Å²) < 4.78 is 27.1. The number of carbonyl (C=O) groups excluding carboxylic acids is 2. The first-order valence-electron chi connectivity index (χ1n) is 11.6. The number of piperazine rings is 1. The van der Waals surface area contributed by atoms with Crippen LogP contribution < -0.4 is 21.3 Å². The minimum absolute atomic E-state index is 0.0662. The lowest BCUT2D eigenvalue weighted by Crippen LogP contribution is -2.48. The number of hydrogen-bond acceptors (Lipinski definition) is 7. The van der Waals surface area contributed by atoms with Crippen molar-refractivity contribution in [3.05, 3.63) is 77.5 Å². The van der Waals surface area contributed by atoms with Gasteiger partial charge in [-0.1, -0.05) is 6.07 Å². The Bertz CT molecular complexity index is 1330. The van der Waals surface area contributed by atoms with Crippen LogP contribution in [0.1, 0.15) is 22.3 Å². The maximum absolute atomic E-state index is 13.5. The highest BCUT2D eigenvalue weighted by Gasteiger charge is 2.21. The monoisotopic (exact) mass is 505 g/mol. The van der Waals surface area contributed by atoms with Crippen LogP contribution in [0.15, 0.2) is 54.7 Å². The average Bonchev–Trinajstić information content (AvgIpc) is 2.87. The van der Waals surface area contributed by atoms with E-state index in [1.807, 2.05) is 30.3 Å². The van der Waals surface area contributed by atoms with E-state index in [0.717, 1.165) is 17.4 Å². The maximum atomic E-state index is 13.5. The van der Waals surface area contributed by atoms with E-state index in [9.17, 15) is 18.4 Å². The third-order valence-corrected chi connectivity index (χ3v) is 5.92. The van der Waals surface area contributed by atoms with Gasteiger partial charge in [0.15, 0.2) is 0 Å². The summed E-state index contributed by atoms with van der Waals surface area (Å²) in [7, 11) is 0. The number of halogens is 2. The van der Waals surface area contributed by atoms with Crippen LogP contribution in [-0.2, 0) is 11.3 Å². The molecule has 1 saturated heterocycles. The molecule has 2 heterocycles. The predicted molar refractivity (Wildman–Crippen MR) is 135 cm³/mol. The van der Waals surface area contributed by atoms with Gasteiger partial charge in [-0.15, -0.1) is 0 Å². The number of benzene rings is 2. The number of nitrogens with two attached hydrogens (primary N) is 1. The highest BCUT2D eigenvalue weighted by Crippen LogP contribution is 2.26. The number of carbonyl (C=O) groups is 2. The summed E-state index contributed by atoms with van der Waals surface area (Å²) in [5.74, 6) is -1.81. The van der Waals surface area contributed by atoms with E-state index in [2.05, 4.69) is 20.5 Å². The quantitative estimate of drug-likeness (QED) is 0.428. The first kappa shape index (κ1) is 25.4. The second kappa shape index (κ2) is 11.3. The molecule has 11 heteroatoms. The van der Waals surface area contributed by atoms with E-state index in [-0.39, 0.29) is 24.4 Å². The molecule has 0 spiro atoms. The van der Waals surface area contributed by atoms with Crippen molar-refractivity contribution < 1.29 is 18.4 Å². The van der Waals surface area contributed by atoms with Crippen molar-refractivity contribution in [2.24, 2.45) is 5.73 Å². The first-order valence-corrected chi connectivity index (χ1v) is 11.6. The smallest absolute Gasteiger partial charge is 0.252 e. The highest BCUT2D eigenvalue weighted by atomic mass is 19.1. The Labute approximate surface area is 212 Å². The van der Waals surface area contributed by atoms with Gasteiger partial charge in [0.1, 0.15) is 23.9 Å². The van der Waals surface area contributed by atoms with E-state index < -0.39 is 17.5 Å². The van der Waals surface area contributed by atoms with Gasteiger partial charge in [-0.2, -0.15) is 5.26 Å². The Morgan fingerprint density at radius 1 is 1.05 bits per heavy atom. The van der Waals surface area contributed by atoms with Crippen molar-refractivity contribution in [2.45, 2.75) is 13.0 Å². The molecule has 0 bridgehead atoms. The zero-order chi connectivity index (χ0) is 26.4. The lowest BCUT2D eigenvalue weighted by molar-refractivity contribution is -0.130. The number of nitrogens with zero attached hydrogens (tertiary/aromatic N) is 4. The van der Waals surface area contributed by atoms with Gasteiger partial charge in [-0.05, 0) is 35.9 Å². The Morgan fingerprint density at radius 2 is 1.78 bits per heavy atom. The van der Waals surface area contributed by atoms with E-state index in [0.29, 0.717) is 43.2 Å². The van der Waals surface area contributed by atoms with Gasteiger partial charge >= 0.3 is 0 Å². The minimum Gasteiger partial charge on any atom is -0.380 e. The Balaban J connectivity index is 1.46. The molecular weight excluding hydrogens is 480 g/mol. The van der Waals surface area contributed by atoms with Crippen molar-refractivity contribution >= 4 is 34.7 Å². The molecule has 0 radical (unpaired) electrons. The molecule has 1 aliphatic rings. The fourth-order valence-electron chi connectivity index (χ4n) is 4.10. The summed E-state index contributed by atoms with van der Waals surface area (Å²) in [6.07, 6.45) is 1.22. The van der Waals surface area contributed by atoms with Gasteiger partial charge in [0.25, 0.3) is 5.91 Å². The molecule has 190 valence electrons. The molecule has 2 amide bonds. The summed E-state index contributed by atoms with van der Waals surface area (Å²) in [4.78, 5) is 32.0. The molecule has 37 heavy (non-hydrogen) atoms. The van der Waals surface area contributed by atoms with E-state index in [1.54, 1.807) is 11.0 Å². The summed E-state index contributed by atoms with van der Waals surface area (Å²) >= 11 is 0. The largest absolute Gasteiger partial charge is 0.380 e. The topological polar surface area (TPSA) is 127 Å². The Morgan fingerprint density at radius 3 is 2.46 bits per heavy atom. The molecular formula is C26H25F2N7O2. The van der Waals surface area contributed by atoms with Gasteiger partial charge in [0.2, 0.25) is 5.91 Å². The van der Waals surface area contributed by atoms with E-state index >= 15 is 0 Å². The number of nitrogens with one attached hydrogen (secondary N) is 2. The molecule has 9 nitrogen and oxygen atoms in total. The maximum Gasteiger partial charge on any atom is 0.252 e. The van der Waals surface area contributed by atoms with Gasteiger partial charge in [0.05, 0.1) is 17.3 Å². The third kappa shape index (κ3) is 6.49. The summed E-state index contributed by atoms with van der Waals surface area (Å²) in [6.45, 7) is 2.43. The summed E-state index contributed by atoms with van der Waals surface area (Å²) in [5.41, 5.74) is 8.05. The van der Waals surface area contributed by atoms with Crippen LogP contribution in [0.4, 0.5) is 31.7 Å². The summed E-state index contributed by atoms with van der Waals surface area (Å²) in [5, 5.41) is 14.9. The van der Waals surface area contributed by atoms with Gasteiger partial charge < -0.3 is 26.2 Å². The number of aromatic nitrogens is 1. The average molecular weight is 506 g/mol. The zero-order valence-corrected chi connectivity index (χ0v) is 19.9. The molecule has 4 rings (SSSR count). The third-order valence-electron chi connectivity index (χ3n) is 5.92. The van der Waals surface area contributed by atoms with Crippen LogP contribution >= 0.6 is 0 Å². The summed E-state index contributed by atoms with van der Waals surface area (Å²) in [6, 6.07) is 14.3. The van der Waals surface area contributed by atoms with Crippen LogP contribution in [0.2, 0.25) is 0 Å². The van der Waals surface area contributed by atoms with Crippen molar-refractivity contribution in [1.29, 1.82) is 5.26 Å². The fourth-order valence-corrected chi connectivity index (χ4v) is 4.10. The number of nitriles is 1. The number of pyridine rings is 1. The Kier molecular flexibility index (Phi) is 7.78. The normalized spacial score (nSPS) is 13.1. The van der Waals surface area contributed by atoms with Crippen LogP contribution in [0, 0.1) is 23.0 Å². The Hall–Kier alpha value is -4.72. The van der Waals surface area contributed by atoms with Crippen LogP contribution in [0.3, 0.4) is 0 Å². The zero-order valence-electron chi connectivity index (χ0n) is 19.9. The predicted octanol–water partition coefficient (Wildman–Crippen LogP) is 3.38. The standard InChI is InChI=1S/C26H25F2N7O2/c27-18-10-17(11-19(28)12-18)15-31-23-14-24(32-16-22(23)26(30)37)33-20-2-1-3-21(13-20)34-6-8-35(9-7-34)25(36)4-5-29/h1-3,10-14,16H,4,6-9,15H2,(H2,30,37)(H2,31,32,33). The van der Waals surface area contributed by atoms with Crippen molar-refractivity contribution in [3.8, 4) is 6.07 Å². The SMILES string of the molecule is N#CCC(=O)N1CCN(c2cccc(Nc3cc(NCc4cc(F)cc(F)c4)c(C(N)=O)cn3)c2)CC1. The number of anilines is 4. The molecule has 1 aliphatic heterocycles. The number of amides is 2. The molecule has 1 fully saturated rings. The molecule has 2 aromatic carbocycles. The van der Waals surface area contributed by atoms with Crippen molar-refractivity contribution in [1.82, 2.24) is 9.88 Å². The highest BCUT2D eigenvalue weighted by molar-refractivity contribution is 5.98. The van der Waals surface area contributed by atoms with Crippen LogP contribution in [0.25, 0.3) is 0 Å². The lowest BCUT2D eigenvalue weighted by Gasteiger charge is -2.36. The molecule has 4 N–H and O–H groups in total. The molecule has 0 saturated carbocycles. The van der Waals surface area contributed by atoms with E-state index in [4.69, 9.17) is 11.0 Å². The van der Waals surface area contributed by atoms with Crippen molar-refractivity contribution in [2.75, 3.05) is 41.7 Å². The molecule has 0 unspecified atom stereocenters. The van der Waals surface area contributed by atoms with Gasteiger partial charge in [-0.3, -0.25) is 9.59 Å². The fraction of sp³-hybridized carbons (Fsp3) is 0.231. The lowest BCUT2D eigenvalue weighted by atomic mass is 10.1. The minimum atomic E-state index is -0.695. The number of rotatable bonds is 8. The number of primary amides is 1. The van der Waals surface area contributed by atoms with Crippen molar-refractivity contribution in [3.63, 3.8) is 0 Å². The second-order valence-corrected chi connectivity index (χ2v) is 8.49. The number of hydrogen-bond donors (Lipinski definition) is 3. The van der Waals surface area contributed by atoms with Gasteiger partial charge in [-0.25, -0.2) is 13.8 Å². The van der Waals surface area contributed by atoms with Crippen LogP contribution in [0.5, 0.6) is 0 Å². The second-order valence-electron chi connectivity index (χ2n) is 8.49. The molecule has 0 aliphatic carbocycles. The van der Waals surface area contributed by atoms with E-state index in [1.165, 1.54) is 18.3 Å². The molecule has 0 atom stereocenters.